The zero-order chi connectivity index (χ0) is 15.1. The van der Waals surface area contributed by atoms with Gasteiger partial charge < -0.3 is 9.80 Å². The summed E-state index contributed by atoms with van der Waals surface area (Å²) in [5.74, 6) is 0.150. The fourth-order valence-corrected chi connectivity index (χ4v) is 4.34. The van der Waals surface area contributed by atoms with Crippen LogP contribution in [0.3, 0.4) is 0 Å². The van der Waals surface area contributed by atoms with Gasteiger partial charge in [0.15, 0.2) is 0 Å². The zero-order valence-corrected chi connectivity index (χ0v) is 14.1. The van der Waals surface area contributed by atoms with Crippen LogP contribution in [0.5, 0.6) is 0 Å². The largest absolute Gasteiger partial charge is 0.349 e. The number of hydrogen-bond acceptors (Lipinski definition) is 3. The van der Waals surface area contributed by atoms with Crippen molar-refractivity contribution in [3.8, 4) is 0 Å². The van der Waals surface area contributed by atoms with E-state index in [1.54, 1.807) is 16.2 Å². The van der Waals surface area contributed by atoms with Gasteiger partial charge in [0, 0.05) is 47.2 Å². The first-order chi connectivity index (χ1) is 9.97. The minimum absolute atomic E-state index is 0.150. The molecule has 3 rings (SSSR count). The Kier molecular flexibility index (Phi) is 3.95. The first kappa shape index (κ1) is 14.8. The Bertz CT molecular complexity index is 708. The fraction of sp³-hybridized carbons (Fsp3) is 0.438. The maximum atomic E-state index is 12.1. The third kappa shape index (κ3) is 2.68. The van der Waals surface area contributed by atoms with Crippen molar-refractivity contribution in [3.05, 3.63) is 33.2 Å². The molecule has 0 atom stereocenters. The first-order valence-corrected chi connectivity index (χ1v) is 8.27. The summed E-state index contributed by atoms with van der Waals surface area (Å²) in [6.07, 6.45) is 1.45. The predicted octanol–water partition coefficient (Wildman–Crippen LogP) is 3.17. The number of likely N-dealkylation sites (N-methyl/N-ethyl adjacent to an activating group) is 2. The molecular formula is C16H19ClN2OS. The molecule has 1 aliphatic heterocycles. The molecule has 112 valence electrons. The van der Waals surface area contributed by atoms with Gasteiger partial charge in [-0.2, -0.15) is 0 Å². The summed E-state index contributed by atoms with van der Waals surface area (Å²) < 4.78 is 1.25. The normalized spacial score (nSPS) is 15.2. The number of benzene rings is 1. The van der Waals surface area contributed by atoms with Crippen molar-refractivity contribution in [2.45, 2.75) is 19.4 Å². The van der Waals surface area contributed by atoms with Crippen LogP contribution in [0, 0.1) is 0 Å². The summed E-state index contributed by atoms with van der Waals surface area (Å²) in [5.41, 5.74) is 2.54. The third-order valence-corrected chi connectivity index (χ3v) is 5.62. The van der Waals surface area contributed by atoms with Crippen molar-refractivity contribution in [1.82, 2.24) is 9.80 Å². The van der Waals surface area contributed by atoms with Crippen LogP contribution < -0.4 is 0 Å². The Morgan fingerprint density at radius 2 is 2.14 bits per heavy atom. The van der Waals surface area contributed by atoms with E-state index in [-0.39, 0.29) is 5.91 Å². The zero-order valence-electron chi connectivity index (χ0n) is 12.6. The third-order valence-electron chi connectivity index (χ3n) is 4.07. The van der Waals surface area contributed by atoms with Gasteiger partial charge in [-0.25, -0.2) is 0 Å². The Balaban J connectivity index is 2.16. The highest BCUT2D eigenvalue weighted by molar-refractivity contribution is 7.19. The van der Waals surface area contributed by atoms with Crippen molar-refractivity contribution in [2.75, 3.05) is 27.7 Å². The summed E-state index contributed by atoms with van der Waals surface area (Å²) in [6.45, 7) is 1.89. The second kappa shape index (κ2) is 5.59. The lowest BCUT2D eigenvalue weighted by Crippen LogP contribution is -2.24. The number of carbonyl (C=O) groups is 1. The number of halogens is 1. The molecule has 0 radical (unpaired) electrons. The molecule has 1 aromatic heterocycles. The van der Waals surface area contributed by atoms with E-state index in [1.807, 2.05) is 20.2 Å². The summed E-state index contributed by atoms with van der Waals surface area (Å²) in [4.78, 5) is 17.2. The number of rotatable bonds is 2. The average Bonchev–Trinajstić information content (AvgIpc) is 2.64. The number of amides is 1. The molecule has 0 unspecified atom stereocenters. The molecule has 0 spiro atoms. The van der Waals surface area contributed by atoms with Gasteiger partial charge in [0.25, 0.3) is 0 Å². The molecule has 0 fully saturated rings. The van der Waals surface area contributed by atoms with E-state index in [2.05, 4.69) is 18.0 Å². The van der Waals surface area contributed by atoms with Crippen LogP contribution in [0.25, 0.3) is 10.1 Å². The van der Waals surface area contributed by atoms with Gasteiger partial charge in [-0.1, -0.05) is 11.6 Å². The minimum Gasteiger partial charge on any atom is -0.349 e. The van der Waals surface area contributed by atoms with E-state index < -0.39 is 0 Å². The van der Waals surface area contributed by atoms with E-state index in [1.165, 1.54) is 26.1 Å². The number of nitrogens with zero attached hydrogens (tertiary/aromatic N) is 2. The van der Waals surface area contributed by atoms with Gasteiger partial charge >= 0.3 is 0 Å². The highest BCUT2D eigenvalue weighted by Gasteiger charge is 2.23. The van der Waals surface area contributed by atoms with Crippen molar-refractivity contribution in [2.24, 2.45) is 0 Å². The number of carbonyl (C=O) groups excluding carboxylic acids is 1. The molecule has 21 heavy (non-hydrogen) atoms. The lowest BCUT2D eigenvalue weighted by molar-refractivity contribution is -0.127. The van der Waals surface area contributed by atoms with Gasteiger partial charge in [0.05, 0.1) is 6.42 Å². The summed E-state index contributed by atoms with van der Waals surface area (Å²) in [5, 5.41) is 2.14. The smallest absolute Gasteiger partial charge is 0.227 e. The van der Waals surface area contributed by atoms with Crippen molar-refractivity contribution in [1.29, 1.82) is 0 Å². The molecule has 3 nitrogen and oxygen atoms in total. The molecule has 1 amide bonds. The highest BCUT2D eigenvalue weighted by Crippen LogP contribution is 2.39. The molecule has 0 saturated heterocycles. The van der Waals surface area contributed by atoms with Gasteiger partial charge in [-0.3, -0.25) is 4.79 Å². The maximum Gasteiger partial charge on any atom is 0.227 e. The van der Waals surface area contributed by atoms with Crippen molar-refractivity contribution in [3.63, 3.8) is 0 Å². The highest BCUT2D eigenvalue weighted by atomic mass is 35.5. The van der Waals surface area contributed by atoms with E-state index in [9.17, 15) is 4.79 Å². The van der Waals surface area contributed by atoms with Crippen LogP contribution in [0.15, 0.2) is 12.1 Å². The summed E-state index contributed by atoms with van der Waals surface area (Å²) in [7, 11) is 5.74. The molecule has 1 aromatic carbocycles. The average molecular weight is 323 g/mol. The second-order valence-corrected chi connectivity index (χ2v) is 7.40. The van der Waals surface area contributed by atoms with Crippen LogP contribution in [0.4, 0.5) is 0 Å². The Morgan fingerprint density at radius 3 is 2.86 bits per heavy atom. The number of hydrogen-bond donors (Lipinski definition) is 0. The van der Waals surface area contributed by atoms with Crippen LogP contribution in [0.2, 0.25) is 5.02 Å². The molecule has 2 aromatic rings. The summed E-state index contributed by atoms with van der Waals surface area (Å²) in [6, 6.07) is 4.08. The van der Waals surface area contributed by atoms with Crippen molar-refractivity contribution < 1.29 is 4.79 Å². The number of thiophene rings is 1. The van der Waals surface area contributed by atoms with Crippen LogP contribution in [0.1, 0.15) is 16.0 Å². The molecule has 5 heteroatoms. The molecule has 0 bridgehead atoms. The lowest BCUT2D eigenvalue weighted by Gasteiger charge is -2.15. The second-order valence-electron chi connectivity index (χ2n) is 5.86. The summed E-state index contributed by atoms with van der Waals surface area (Å²) >= 11 is 8.14. The monoisotopic (exact) mass is 322 g/mol. The van der Waals surface area contributed by atoms with E-state index in [0.29, 0.717) is 6.42 Å². The molecule has 0 N–H and O–H groups in total. The molecule has 0 saturated carbocycles. The fourth-order valence-electron chi connectivity index (χ4n) is 2.85. The van der Waals surface area contributed by atoms with E-state index in [4.69, 9.17) is 11.6 Å². The lowest BCUT2D eigenvalue weighted by atomic mass is 10.0. The molecule has 2 heterocycles. The first-order valence-electron chi connectivity index (χ1n) is 7.07. The van der Waals surface area contributed by atoms with Crippen LogP contribution in [-0.4, -0.2) is 43.4 Å². The molecular weight excluding hydrogens is 304 g/mol. The van der Waals surface area contributed by atoms with Crippen molar-refractivity contribution >= 4 is 38.9 Å². The Labute approximate surface area is 134 Å². The van der Waals surface area contributed by atoms with E-state index in [0.717, 1.165) is 24.5 Å². The molecule has 1 aliphatic rings. The van der Waals surface area contributed by atoms with Gasteiger partial charge in [0.2, 0.25) is 5.91 Å². The topological polar surface area (TPSA) is 23.6 Å². The van der Waals surface area contributed by atoms with Gasteiger partial charge in [0.1, 0.15) is 0 Å². The SMILES string of the molecule is CN1CCc2c(Cl)ccc3sc(CC(=O)N(C)C)c(c23)C1. The quantitative estimate of drug-likeness (QED) is 0.848. The Morgan fingerprint density at radius 1 is 1.38 bits per heavy atom. The van der Waals surface area contributed by atoms with E-state index >= 15 is 0 Å². The van der Waals surface area contributed by atoms with Crippen LogP contribution in [-0.2, 0) is 24.2 Å². The Hall–Kier alpha value is -1.10. The van der Waals surface area contributed by atoms with Gasteiger partial charge in [-0.05, 0) is 36.7 Å². The maximum absolute atomic E-state index is 12.1. The predicted molar refractivity (Wildman–Crippen MR) is 89.3 cm³/mol. The standard InChI is InChI=1S/C16H19ClN2OS/c1-18(2)15(20)8-14-11-9-19(3)7-6-10-12(17)4-5-13(21-14)16(10)11/h4-5H,6-9H2,1-3H3. The molecule has 0 aliphatic carbocycles. The van der Waals surface area contributed by atoms with Crippen LogP contribution >= 0.6 is 22.9 Å². The minimum atomic E-state index is 0.150. The van der Waals surface area contributed by atoms with Gasteiger partial charge in [-0.15, -0.1) is 11.3 Å².